The molecule has 1 aromatic rings. The number of carbonyl (C=O) groups excluding carboxylic acids is 1. The molecule has 0 bridgehead atoms. The molecule has 0 aliphatic carbocycles. The summed E-state index contributed by atoms with van der Waals surface area (Å²) in [6.45, 7) is 5.83. The van der Waals surface area contributed by atoms with Crippen molar-refractivity contribution in [2.45, 2.75) is 50.2 Å². The van der Waals surface area contributed by atoms with E-state index in [1.807, 2.05) is 45.0 Å². The summed E-state index contributed by atoms with van der Waals surface area (Å²) in [5.41, 5.74) is 0.694. The minimum absolute atomic E-state index is 0.00331. The molecular formula is C16H23NO3S. The van der Waals surface area contributed by atoms with Crippen molar-refractivity contribution < 1.29 is 14.7 Å². The molecule has 0 saturated carbocycles. The lowest BCUT2D eigenvalue weighted by atomic mass is 10.0. The van der Waals surface area contributed by atoms with Crippen LogP contribution < -0.4 is 5.32 Å². The van der Waals surface area contributed by atoms with Gasteiger partial charge in [0.2, 0.25) is 5.91 Å². The van der Waals surface area contributed by atoms with E-state index < -0.39 is 11.2 Å². The molecule has 0 fully saturated rings. The molecular weight excluding hydrogens is 286 g/mol. The van der Waals surface area contributed by atoms with Crippen molar-refractivity contribution in [2.75, 3.05) is 5.32 Å². The third-order valence-corrected chi connectivity index (χ3v) is 4.85. The number of aliphatic carboxylic acids is 1. The van der Waals surface area contributed by atoms with E-state index in [0.29, 0.717) is 12.1 Å². The molecule has 1 atom stereocenters. The SMILES string of the molecule is CCC(CC)C(=O)Nc1ccccc1S[C@@H](CC)C(=O)O. The molecule has 0 spiro atoms. The van der Waals surface area contributed by atoms with E-state index in [9.17, 15) is 9.59 Å². The van der Waals surface area contributed by atoms with Gasteiger partial charge in [-0.3, -0.25) is 9.59 Å². The van der Waals surface area contributed by atoms with Crippen molar-refractivity contribution in [1.82, 2.24) is 0 Å². The van der Waals surface area contributed by atoms with Gasteiger partial charge in [0.1, 0.15) is 5.25 Å². The molecule has 1 rings (SSSR count). The minimum atomic E-state index is -0.830. The van der Waals surface area contributed by atoms with Gasteiger partial charge in [-0.2, -0.15) is 0 Å². The van der Waals surface area contributed by atoms with Crippen LogP contribution in [0.5, 0.6) is 0 Å². The minimum Gasteiger partial charge on any atom is -0.480 e. The fourth-order valence-corrected chi connectivity index (χ4v) is 3.01. The average molecular weight is 309 g/mol. The Morgan fingerprint density at radius 3 is 2.29 bits per heavy atom. The Morgan fingerprint density at radius 1 is 1.14 bits per heavy atom. The topological polar surface area (TPSA) is 66.4 Å². The number of para-hydroxylation sites is 1. The molecule has 0 aliphatic heterocycles. The first-order valence-electron chi connectivity index (χ1n) is 7.32. The zero-order valence-corrected chi connectivity index (χ0v) is 13.6. The molecule has 116 valence electrons. The maximum atomic E-state index is 12.2. The summed E-state index contributed by atoms with van der Waals surface area (Å²) in [5, 5.41) is 11.6. The highest BCUT2D eigenvalue weighted by Gasteiger charge is 2.20. The highest BCUT2D eigenvalue weighted by atomic mass is 32.2. The van der Waals surface area contributed by atoms with Crippen LogP contribution in [0, 0.1) is 5.92 Å². The van der Waals surface area contributed by atoms with Crippen LogP contribution in [0.2, 0.25) is 0 Å². The number of carbonyl (C=O) groups is 2. The Hall–Kier alpha value is -1.49. The summed E-state index contributed by atoms with van der Waals surface area (Å²) in [5.74, 6) is -0.843. The maximum absolute atomic E-state index is 12.2. The normalized spacial score (nSPS) is 12.2. The number of carboxylic acids is 1. The lowest BCUT2D eigenvalue weighted by Gasteiger charge is -2.17. The van der Waals surface area contributed by atoms with E-state index in [4.69, 9.17) is 5.11 Å². The first-order valence-corrected chi connectivity index (χ1v) is 8.20. The molecule has 5 heteroatoms. The maximum Gasteiger partial charge on any atom is 0.316 e. The fourth-order valence-electron chi connectivity index (χ4n) is 2.03. The second-order valence-electron chi connectivity index (χ2n) is 4.85. The highest BCUT2D eigenvalue weighted by molar-refractivity contribution is 8.00. The van der Waals surface area contributed by atoms with E-state index in [-0.39, 0.29) is 11.8 Å². The van der Waals surface area contributed by atoms with Crippen molar-refractivity contribution in [2.24, 2.45) is 5.92 Å². The quantitative estimate of drug-likeness (QED) is 0.712. The first-order chi connectivity index (χ1) is 10.0. The molecule has 0 saturated heterocycles. The monoisotopic (exact) mass is 309 g/mol. The van der Waals surface area contributed by atoms with Gasteiger partial charge in [-0.15, -0.1) is 11.8 Å². The van der Waals surface area contributed by atoms with Crippen LogP contribution in [-0.4, -0.2) is 22.2 Å². The predicted molar refractivity (Wildman–Crippen MR) is 86.7 cm³/mol. The molecule has 1 amide bonds. The van der Waals surface area contributed by atoms with Crippen LogP contribution in [0.1, 0.15) is 40.0 Å². The highest BCUT2D eigenvalue weighted by Crippen LogP contribution is 2.32. The number of hydrogen-bond acceptors (Lipinski definition) is 3. The Bertz CT molecular complexity index is 486. The number of amides is 1. The summed E-state index contributed by atoms with van der Waals surface area (Å²) in [6, 6.07) is 7.36. The van der Waals surface area contributed by atoms with E-state index in [1.165, 1.54) is 11.8 Å². The van der Waals surface area contributed by atoms with Crippen LogP contribution in [0.3, 0.4) is 0 Å². The van der Waals surface area contributed by atoms with Gasteiger partial charge in [-0.25, -0.2) is 0 Å². The van der Waals surface area contributed by atoms with E-state index in [2.05, 4.69) is 5.32 Å². The summed E-state index contributed by atoms with van der Waals surface area (Å²) in [6.07, 6.45) is 2.13. The van der Waals surface area contributed by atoms with Crippen molar-refractivity contribution in [3.8, 4) is 0 Å². The third kappa shape index (κ3) is 5.08. The van der Waals surface area contributed by atoms with Gasteiger partial charge in [0, 0.05) is 10.8 Å². The molecule has 0 radical (unpaired) electrons. The molecule has 1 aromatic carbocycles. The Kier molecular flexibility index (Phi) is 7.29. The fraction of sp³-hybridized carbons (Fsp3) is 0.500. The summed E-state index contributed by atoms with van der Waals surface area (Å²) in [7, 11) is 0. The number of anilines is 1. The standard InChI is InChI=1S/C16H23NO3S/c1-4-11(5-2)15(18)17-12-9-7-8-10-14(12)21-13(6-3)16(19)20/h7-11,13H,4-6H2,1-3H3,(H,17,18)(H,19,20)/t13-/m0/s1. The molecule has 0 aromatic heterocycles. The zero-order chi connectivity index (χ0) is 15.8. The van der Waals surface area contributed by atoms with Crippen molar-refractivity contribution in [3.63, 3.8) is 0 Å². The zero-order valence-electron chi connectivity index (χ0n) is 12.8. The molecule has 0 unspecified atom stereocenters. The largest absolute Gasteiger partial charge is 0.480 e. The van der Waals surface area contributed by atoms with Gasteiger partial charge in [-0.05, 0) is 31.4 Å². The number of rotatable bonds is 8. The summed E-state index contributed by atoms with van der Waals surface area (Å²) in [4.78, 5) is 24.1. The van der Waals surface area contributed by atoms with Gasteiger partial charge in [-0.1, -0.05) is 32.9 Å². The molecule has 21 heavy (non-hydrogen) atoms. The van der Waals surface area contributed by atoms with Gasteiger partial charge in [0.05, 0.1) is 5.69 Å². The number of hydrogen-bond donors (Lipinski definition) is 2. The number of thioether (sulfide) groups is 1. The third-order valence-electron chi connectivity index (χ3n) is 3.42. The van der Waals surface area contributed by atoms with E-state index in [0.717, 1.165) is 17.7 Å². The molecule has 0 heterocycles. The Morgan fingerprint density at radius 2 is 1.76 bits per heavy atom. The molecule has 2 N–H and O–H groups in total. The van der Waals surface area contributed by atoms with Crippen LogP contribution in [0.15, 0.2) is 29.2 Å². The van der Waals surface area contributed by atoms with E-state index >= 15 is 0 Å². The Balaban J connectivity index is 2.89. The van der Waals surface area contributed by atoms with Gasteiger partial charge in [0.15, 0.2) is 0 Å². The van der Waals surface area contributed by atoms with Crippen LogP contribution >= 0.6 is 11.8 Å². The predicted octanol–water partition coefficient (Wildman–Crippen LogP) is 4.02. The second kappa shape index (κ2) is 8.72. The van der Waals surface area contributed by atoms with Crippen LogP contribution in [0.25, 0.3) is 0 Å². The lowest BCUT2D eigenvalue weighted by molar-refractivity contribution is -0.136. The van der Waals surface area contributed by atoms with Crippen LogP contribution in [-0.2, 0) is 9.59 Å². The van der Waals surface area contributed by atoms with Crippen molar-refractivity contribution >= 4 is 29.3 Å². The number of nitrogens with one attached hydrogen (secondary N) is 1. The summed E-state index contributed by atoms with van der Waals surface area (Å²) < 4.78 is 0. The van der Waals surface area contributed by atoms with Gasteiger partial charge >= 0.3 is 5.97 Å². The molecule has 0 aliphatic rings. The lowest BCUT2D eigenvalue weighted by Crippen LogP contribution is -2.22. The number of carboxylic acid groups (broad SMARTS) is 1. The van der Waals surface area contributed by atoms with Crippen LogP contribution in [0.4, 0.5) is 5.69 Å². The van der Waals surface area contributed by atoms with E-state index in [1.54, 1.807) is 0 Å². The van der Waals surface area contributed by atoms with Gasteiger partial charge in [0.25, 0.3) is 0 Å². The summed E-state index contributed by atoms with van der Waals surface area (Å²) >= 11 is 1.28. The van der Waals surface area contributed by atoms with Gasteiger partial charge < -0.3 is 10.4 Å². The molecule has 4 nitrogen and oxygen atoms in total. The first kappa shape index (κ1) is 17.6. The Labute approximate surface area is 130 Å². The number of benzene rings is 1. The smallest absolute Gasteiger partial charge is 0.316 e. The van der Waals surface area contributed by atoms with Crippen molar-refractivity contribution in [1.29, 1.82) is 0 Å². The second-order valence-corrected chi connectivity index (χ2v) is 6.10. The average Bonchev–Trinajstić information content (AvgIpc) is 2.47. The van der Waals surface area contributed by atoms with Crippen molar-refractivity contribution in [3.05, 3.63) is 24.3 Å².